The van der Waals surface area contributed by atoms with Gasteiger partial charge in [-0.15, -0.1) is 11.3 Å². The van der Waals surface area contributed by atoms with Crippen molar-refractivity contribution in [1.82, 2.24) is 4.72 Å². The van der Waals surface area contributed by atoms with Gasteiger partial charge in [-0.25, -0.2) is 21.6 Å². The first-order valence-electron chi connectivity index (χ1n) is 5.72. The molecule has 1 saturated heterocycles. The predicted octanol–water partition coefficient (Wildman–Crippen LogP) is 1.51. The van der Waals surface area contributed by atoms with E-state index in [9.17, 15) is 16.8 Å². The second-order valence-electron chi connectivity index (χ2n) is 4.42. The molecular formula is C10H14BrNO4S3. The highest BCUT2D eigenvalue weighted by molar-refractivity contribution is 9.11. The number of sulfonamides is 1. The molecule has 0 aromatic carbocycles. The lowest BCUT2D eigenvalue weighted by molar-refractivity contribution is 0.542. The summed E-state index contributed by atoms with van der Waals surface area (Å²) in [6.07, 6.45) is 0.373. The molecule has 1 aliphatic heterocycles. The molecule has 1 N–H and O–H groups in total. The molecular weight excluding hydrogens is 374 g/mol. The zero-order valence-corrected chi connectivity index (χ0v) is 14.0. The molecule has 1 aromatic rings. The second-order valence-corrected chi connectivity index (χ2v) is 11.3. The van der Waals surface area contributed by atoms with Crippen LogP contribution in [0, 0.1) is 0 Å². The average molecular weight is 388 g/mol. The van der Waals surface area contributed by atoms with Crippen LogP contribution in [0.15, 0.2) is 15.9 Å². The van der Waals surface area contributed by atoms with Gasteiger partial charge < -0.3 is 0 Å². The molecule has 2 rings (SSSR count). The van der Waals surface area contributed by atoms with E-state index in [2.05, 4.69) is 20.7 Å². The summed E-state index contributed by atoms with van der Waals surface area (Å²) in [5, 5.41) is -0.598. The maximum absolute atomic E-state index is 12.1. The van der Waals surface area contributed by atoms with Gasteiger partial charge in [0, 0.05) is 11.4 Å². The normalized spacial score (nSPS) is 20.5. The van der Waals surface area contributed by atoms with Crippen molar-refractivity contribution in [2.24, 2.45) is 0 Å². The molecule has 0 bridgehead atoms. The fourth-order valence-corrected chi connectivity index (χ4v) is 6.67. The minimum absolute atomic E-state index is 0.0386. The van der Waals surface area contributed by atoms with Crippen LogP contribution in [0.25, 0.3) is 0 Å². The molecule has 2 heterocycles. The highest BCUT2D eigenvalue weighted by Gasteiger charge is 2.32. The third-order valence-electron chi connectivity index (χ3n) is 3.02. The van der Waals surface area contributed by atoms with E-state index in [1.54, 1.807) is 0 Å². The van der Waals surface area contributed by atoms with Crippen LogP contribution >= 0.6 is 27.3 Å². The van der Waals surface area contributed by atoms with Crippen molar-refractivity contribution in [3.63, 3.8) is 0 Å². The van der Waals surface area contributed by atoms with Gasteiger partial charge in [0.2, 0.25) is 10.0 Å². The molecule has 0 amide bonds. The highest BCUT2D eigenvalue weighted by Crippen LogP contribution is 2.23. The number of hydrogen-bond donors (Lipinski definition) is 1. The van der Waals surface area contributed by atoms with Gasteiger partial charge in [0.05, 0.1) is 20.5 Å². The summed E-state index contributed by atoms with van der Waals surface area (Å²) in [5.41, 5.74) is 0. The Morgan fingerprint density at radius 1 is 1.32 bits per heavy atom. The van der Waals surface area contributed by atoms with E-state index < -0.39 is 25.1 Å². The zero-order chi connectivity index (χ0) is 14.1. The lowest BCUT2D eigenvalue weighted by Gasteiger charge is -2.22. The van der Waals surface area contributed by atoms with Crippen molar-refractivity contribution >= 4 is 47.1 Å². The first kappa shape index (κ1) is 15.4. The number of sulfone groups is 1. The van der Waals surface area contributed by atoms with Crippen LogP contribution in [0.1, 0.15) is 17.7 Å². The largest absolute Gasteiger partial charge is 0.229 e. The Balaban J connectivity index is 1.95. The fraction of sp³-hybridized carbons (Fsp3) is 0.600. The smallest absolute Gasteiger partial charge is 0.214 e. The molecule has 1 aromatic heterocycles. The van der Waals surface area contributed by atoms with Crippen molar-refractivity contribution in [3.05, 3.63) is 20.8 Å². The number of hydrogen-bond acceptors (Lipinski definition) is 5. The molecule has 5 nitrogen and oxygen atoms in total. The fourth-order valence-electron chi connectivity index (χ4n) is 1.92. The van der Waals surface area contributed by atoms with Crippen molar-refractivity contribution in [2.45, 2.75) is 24.6 Å². The maximum Gasteiger partial charge on any atom is 0.214 e. The van der Waals surface area contributed by atoms with E-state index in [1.165, 1.54) is 11.3 Å². The van der Waals surface area contributed by atoms with Gasteiger partial charge in [-0.3, -0.25) is 0 Å². The standard InChI is InChI=1S/C10H14BrNO4S3/c11-10-2-1-8(17-10)7-12-19(15,16)9-3-5-18(13,14)6-4-9/h1-2,9,12H,3-7H2. The van der Waals surface area contributed by atoms with E-state index in [-0.39, 0.29) is 30.9 Å². The quantitative estimate of drug-likeness (QED) is 0.848. The Morgan fingerprint density at radius 3 is 2.47 bits per heavy atom. The van der Waals surface area contributed by atoms with Crippen LogP contribution in [-0.2, 0) is 26.4 Å². The maximum atomic E-state index is 12.1. The summed E-state index contributed by atoms with van der Waals surface area (Å²) in [6, 6.07) is 3.71. The Morgan fingerprint density at radius 2 is 1.95 bits per heavy atom. The molecule has 0 spiro atoms. The van der Waals surface area contributed by atoms with Gasteiger partial charge in [-0.1, -0.05) is 0 Å². The summed E-state index contributed by atoms with van der Waals surface area (Å²) in [5.74, 6) is -0.0771. The van der Waals surface area contributed by atoms with Gasteiger partial charge >= 0.3 is 0 Å². The van der Waals surface area contributed by atoms with E-state index in [1.807, 2.05) is 12.1 Å². The van der Waals surface area contributed by atoms with E-state index in [4.69, 9.17) is 0 Å². The van der Waals surface area contributed by atoms with Gasteiger partial charge in [0.1, 0.15) is 9.84 Å². The second kappa shape index (κ2) is 5.80. The minimum atomic E-state index is -3.45. The third kappa shape index (κ3) is 4.25. The number of rotatable bonds is 4. The van der Waals surface area contributed by atoms with Gasteiger partial charge in [-0.2, -0.15) is 0 Å². The summed E-state index contributed by atoms with van der Waals surface area (Å²) in [6.45, 7) is 0.252. The van der Waals surface area contributed by atoms with Gasteiger partial charge in [0.15, 0.2) is 0 Å². The van der Waals surface area contributed by atoms with Crippen molar-refractivity contribution in [1.29, 1.82) is 0 Å². The molecule has 0 aliphatic carbocycles. The van der Waals surface area contributed by atoms with Crippen LogP contribution in [0.3, 0.4) is 0 Å². The Bertz CT molecular complexity index is 636. The van der Waals surface area contributed by atoms with Crippen LogP contribution in [-0.4, -0.2) is 33.6 Å². The molecule has 0 unspecified atom stereocenters. The van der Waals surface area contributed by atoms with E-state index >= 15 is 0 Å². The van der Waals surface area contributed by atoms with E-state index in [0.29, 0.717) is 0 Å². The molecule has 0 saturated carbocycles. The Kier molecular flexibility index (Phi) is 4.71. The molecule has 0 atom stereocenters. The topological polar surface area (TPSA) is 80.3 Å². The number of halogens is 1. The SMILES string of the molecule is O=S1(=O)CCC(S(=O)(=O)NCc2ccc(Br)s2)CC1. The van der Waals surface area contributed by atoms with Gasteiger partial charge in [0.25, 0.3) is 0 Å². The predicted molar refractivity (Wildman–Crippen MR) is 79.5 cm³/mol. The van der Waals surface area contributed by atoms with Gasteiger partial charge in [-0.05, 0) is 40.9 Å². The first-order valence-corrected chi connectivity index (χ1v) is 10.7. The molecule has 1 aliphatic rings. The molecule has 108 valence electrons. The van der Waals surface area contributed by atoms with Crippen LogP contribution in [0.4, 0.5) is 0 Å². The number of nitrogens with one attached hydrogen (secondary N) is 1. The summed E-state index contributed by atoms with van der Waals surface area (Å²) in [4.78, 5) is 0.916. The lowest BCUT2D eigenvalue weighted by atomic mass is 10.2. The van der Waals surface area contributed by atoms with Crippen molar-refractivity contribution in [3.8, 4) is 0 Å². The molecule has 1 fully saturated rings. The van der Waals surface area contributed by atoms with E-state index in [0.717, 1.165) is 8.66 Å². The Hall–Kier alpha value is 0.0400. The third-order valence-corrected chi connectivity index (χ3v) is 8.25. The Labute approximate surface area is 125 Å². The van der Waals surface area contributed by atoms with Crippen molar-refractivity contribution < 1.29 is 16.8 Å². The highest BCUT2D eigenvalue weighted by atomic mass is 79.9. The van der Waals surface area contributed by atoms with Crippen LogP contribution in [0.5, 0.6) is 0 Å². The number of thiophene rings is 1. The monoisotopic (exact) mass is 387 g/mol. The average Bonchev–Trinajstić information content (AvgIpc) is 2.72. The minimum Gasteiger partial charge on any atom is -0.229 e. The van der Waals surface area contributed by atoms with Crippen LogP contribution < -0.4 is 4.72 Å². The van der Waals surface area contributed by atoms with Crippen LogP contribution in [0.2, 0.25) is 0 Å². The molecule has 19 heavy (non-hydrogen) atoms. The summed E-state index contributed by atoms with van der Waals surface area (Å²) < 4.78 is 50.2. The zero-order valence-electron chi connectivity index (χ0n) is 10.0. The first-order chi connectivity index (χ1) is 8.78. The molecule has 0 radical (unpaired) electrons. The lowest BCUT2D eigenvalue weighted by Crippen LogP contribution is -2.39. The van der Waals surface area contributed by atoms with Crippen molar-refractivity contribution in [2.75, 3.05) is 11.5 Å². The molecule has 9 heteroatoms. The summed E-state index contributed by atoms with van der Waals surface area (Å²) in [7, 11) is -6.48. The summed E-state index contributed by atoms with van der Waals surface area (Å²) >= 11 is 4.78.